The van der Waals surface area contributed by atoms with E-state index < -0.39 is 0 Å². The van der Waals surface area contributed by atoms with Crippen LogP contribution in [-0.4, -0.2) is 11.0 Å². The largest absolute Gasteiger partial charge is 0.310 e. The molecule has 1 fully saturated rings. The first kappa shape index (κ1) is 14.0. The SMILES string of the molecule is CCC1CCC(c2nc(C)c(CNC(C)C)s2)C1. The lowest BCUT2D eigenvalue weighted by molar-refractivity contribution is 0.521. The van der Waals surface area contributed by atoms with Gasteiger partial charge >= 0.3 is 0 Å². The number of rotatable bonds is 5. The van der Waals surface area contributed by atoms with Crippen LogP contribution in [0.25, 0.3) is 0 Å². The van der Waals surface area contributed by atoms with Crippen LogP contribution in [0.5, 0.6) is 0 Å². The van der Waals surface area contributed by atoms with Gasteiger partial charge in [-0.25, -0.2) is 4.98 Å². The normalized spacial score (nSPS) is 24.1. The molecule has 1 aromatic heterocycles. The first-order chi connectivity index (χ1) is 8.60. The molecule has 0 spiro atoms. The smallest absolute Gasteiger partial charge is 0.0962 e. The van der Waals surface area contributed by atoms with Gasteiger partial charge in [0.15, 0.2) is 0 Å². The van der Waals surface area contributed by atoms with Gasteiger partial charge in [-0.1, -0.05) is 27.2 Å². The number of aromatic nitrogens is 1. The molecule has 102 valence electrons. The lowest BCUT2D eigenvalue weighted by Crippen LogP contribution is -2.21. The molecule has 2 rings (SSSR count). The van der Waals surface area contributed by atoms with E-state index in [1.54, 1.807) is 0 Å². The Hall–Kier alpha value is -0.410. The third kappa shape index (κ3) is 3.33. The van der Waals surface area contributed by atoms with E-state index in [0.29, 0.717) is 6.04 Å². The topological polar surface area (TPSA) is 24.9 Å². The molecular formula is C15H26N2S. The van der Waals surface area contributed by atoms with Gasteiger partial charge in [-0.3, -0.25) is 0 Å². The van der Waals surface area contributed by atoms with Gasteiger partial charge in [0.1, 0.15) is 0 Å². The summed E-state index contributed by atoms with van der Waals surface area (Å²) in [7, 11) is 0. The maximum atomic E-state index is 4.82. The van der Waals surface area contributed by atoms with Crippen molar-refractivity contribution in [1.29, 1.82) is 0 Å². The van der Waals surface area contributed by atoms with Crippen LogP contribution in [0.3, 0.4) is 0 Å². The molecule has 0 radical (unpaired) electrons. The zero-order valence-electron chi connectivity index (χ0n) is 12.1. The molecular weight excluding hydrogens is 240 g/mol. The molecule has 1 aliphatic carbocycles. The third-order valence-corrected chi connectivity index (χ3v) is 5.37. The molecule has 0 aliphatic heterocycles. The summed E-state index contributed by atoms with van der Waals surface area (Å²) in [6.45, 7) is 9.84. The van der Waals surface area contributed by atoms with Gasteiger partial charge in [0, 0.05) is 23.4 Å². The molecule has 2 atom stereocenters. The maximum absolute atomic E-state index is 4.82. The molecule has 2 unspecified atom stereocenters. The molecule has 1 aliphatic rings. The van der Waals surface area contributed by atoms with Crippen molar-refractivity contribution in [3.63, 3.8) is 0 Å². The van der Waals surface area contributed by atoms with Crippen LogP contribution >= 0.6 is 11.3 Å². The second kappa shape index (κ2) is 6.16. The second-order valence-corrected chi connectivity index (χ2v) is 7.00. The Balaban J connectivity index is 2.00. The van der Waals surface area contributed by atoms with Gasteiger partial charge in [0.25, 0.3) is 0 Å². The highest BCUT2D eigenvalue weighted by molar-refractivity contribution is 7.11. The van der Waals surface area contributed by atoms with Crippen LogP contribution in [0, 0.1) is 12.8 Å². The van der Waals surface area contributed by atoms with E-state index in [4.69, 9.17) is 4.98 Å². The first-order valence-electron chi connectivity index (χ1n) is 7.29. The van der Waals surface area contributed by atoms with E-state index in [0.717, 1.165) is 18.4 Å². The molecule has 0 amide bonds. The van der Waals surface area contributed by atoms with Crippen LogP contribution in [0.2, 0.25) is 0 Å². The van der Waals surface area contributed by atoms with Crippen molar-refractivity contribution in [2.24, 2.45) is 5.92 Å². The van der Waals surface area contributed by atoms with E-state index in [-0.39, 0.29) is 0 Å². The minimum atomic E-state index is 0.547. The van der Waals surface area contributed by atoms with Gasteiger partial charge in [-0.05, 0) is 32.1 Å². The Morgan fingerprint density at radius 1 is 1.39 bits per heavy atom. The zero-order chi connectivity index (χ0) is 13.1. The summed E-state index contributed by atoms with van der Waals surface area (Å²) in [4.78, 5) is 6.25. The van der Waals surface area contributed by atoms with Gasteiger partial charge in [-0.15, -0.1) is 11.3 Å². The van der Waals surface area contributed by atoms with Crippen molar-refractivity contribution < 1.29 is 0 Å². The average molecular weight is 266 g/mol. The fourth-order valence-electron chi connectivity index (χ4n) is 2.76. The van der Waals surface area contributed by atoms with E-state index >= 15 is 0 Å². The molecule has 18 heavy (non-hydrogen) atoms. The molecule has 0 aromatic carbocycles. The minimum absolute atomic E-state index is 0.547. The van der Waals surface area contributed by atoms with Crippen molar-refractivity contribution in [3.8, 4) is 0 Å². The number of hydrogen-bond donors (Lipinski definition) is 1. The lowest BCUT2D eigenvalue weighted by Gasteiger charge is -2.07. The Bertz CT molecular complexity index is 384. The Morgan fingerprint density at radius 3 is 2.78 bits per heavy atom. The predicted molar refractivity (Wildman–Crippen MR) is 79.2 cm³/mol. The summed E-state index contributed by atoms with van der Waals surface area (Å²) >= 11 is 1.94. The van der Waals surface area contributed by atoms with Crippen LogP contribution in [0.15, 0.2) is 0 Å². The van der Waals surface area contributed by atoms with E-state index in [1.807, 2.05) is 11.3 Å². The predicted octanol–water partition coefficient (Wildman–Crippen LogP) is 4.24. The number of nitrogens with one attached hydrogen (secondary N) is 1. The molecule has 0 bridgehead atoms. The van der Waals surface area contributed by atoms with Crippen LogP contribution in [0.1, 0.15) is 68.0 Å². The van der Waals surface area contributed by atoms with E-state index in [9.17, 15) is 0 Å². The fraction of sp³-hybridized carbons (Fsp3) is 0.800. The Kier molecular flexibility index (Phi) is 4.79. The van der Waals surface area contributed by atoms with Crippen molar-refractivity contribution in [2.45, 2.75) is 71.9 Å². The van der Waals surface area contributed by atoms with Crippen molar-refractivity contribution in [1.82, 2.24) is 10.3 Å². The number of nitrogens with zero attached hydrogens (tertiary/aromatic N) is 1. The highest BCUT2D eigenvalue weighted by atomic mass is 32.1. The summed E-state index contributed by atoms with van der Waals surface area (Å²) in [5, 5.41) is 4.89. The molecule has 3 heteroatoms. The fourth-order valence-corrected chi connectivity index (χ4v) is 3.92. The minimum Gasteiger partial charge on any atom is -0.310 e. The first-order valence-corrected chi connectivity index (χ1v) is 8.11. The Morgan fingerprint density at radius 2 is 2.17 bits per heavy atom. The summed E-state index contributed by atoms with van der Waals surface area (Å²) in [6.07, 6.45) is 5.45. The van der Waals surface area contributed by atoms with E-state index in [1.165, 1.54) is 41.3 Å². The van der Waals surface area contributed by atoms with Crippen molar-refractivity contribution >= 4 is 11.3 Å². The van der Waals surface area contributed by atoms with Gasteiger partial charge in [-0.2, -0.15) is 0 Å². The molecule has 1 aromatic rings. The molecule has 0 saturated heterocycles. The van der Waals surface area contributed by atoms with E-state index in [2.05, 4.69) is 33.0 Å². The van der Waals surface area contributed by atoms with Gasteiger partial charge in [0.05, 0.1) is 10.7 Å². The summed E-state index contributed by atoms with van der Waals surface area (Å²) in [6, 6.07) is 0.547. The monoisotopic (exact) mass is 266 g/mol. The lowest BCUT2D eigenvalue weighted by atomic mass is 10.0. The molecule has 1 saturated carbocycles. The number of thiazole rings is 1. The standard InChI is InChI=1S/C15H26N2S/c1-5-12-6-7-13(8-12)15-17-11(4)14(18-15)9-16-10(2)3/h10,12-13,16H,5-9H2,1-4H3. The zero-order valence-corrected chi connectivity index (χ0v) is 12.9. The van der Waals surface area contributed by atoms with Crippen LogP contribution in [0.4, 0.5) is 0 Å². The number of hydrogen-bond acceptors (Lipinski definition) is 3. The highest BCUT2D eigenvalue weighted by Gasteiger charge is 2.27. The van der Waals surface area contributed by atoms with Gasteiger partial charge < -0.3 is 5.32 Å². The highest BCUT2D eigenvalue weighted by Crippen LogP contribution is 2.41. The summed E-state index contributed by atoms with van der Waals surface area (Å²) in [5.41, 5.74) is 1.24. The molecule has 1 heterocycles. The average Bonchev–Trinajstić information content (AvgIpc) is 2.92. The second-order valence-electron chi connectivity index (χ2n) is 5.88. The molecule has 1 N–H and O–H groups in total. The maximum Gasteiger partial charge on any atom is 0.0962 e. The van der Waals surface area contributed by atoms with Crippen LogP contribution < -0.4 is 5.32 Å². The van der Waals surface area contributed by atoms with Gasteiger partial charge in [0.2, 0.25) is 0 Å². The Labute approximate surface area is 115 Å². The molecule has 2 nitrogen and oxygen atoms in total. The summed E-state index contributed by atoms with van der Waals surface area (Å²) in [5.74, 6) is 1.68. The van der Waals surface area contributed by atoms with Crippen molar-refractivity contribution in [2.75, 3.05) is 0 Å². The third-order valence-electron chi connectivity index (χ3n) is 4.05. The van der Waals surface area contributed by atoms with Crippen molar-refractivity contribution in [3.05, 3.63) is 15.6 Å². The number of aryl methyl sites for hydroxylation is 1. The van der Waals surface area contributed by atoms with Crippen LogP contribution in [-0.2, 0) is 6.54 Å². The summed E-state index contributed by atoms with van der Waals surface area (Å²) < 4.78 is 0. The quantitative estimate of drug-likeness (QED) is 0.862.